The standard InChI is InChI=1S/C44H58FN3O10S/c1-11-31-44(8)34-32(38(52)58-44)47-23-41(34,5)35(50)24(2)22-42(6,54-20-14-15-27-17-18-30(59-27)28-16-12-13-19-46-28)37(26(4)36(51)43(7,45)40(53)56-31)57-39-33(49)29(48(9)10)21-25(3)55-39/h12-13,16-19,24-26,29,31-34,37,39,47,49H,11,20-23H2,1-10H3/t24-,25-,26+,29+,31+,32?,33-,34?,37-,39+,41?,42+,43+,44-/m1/s1. The molecule has 0 saturated carbocycles. The molecule has 4 saturated heterocycles. The van der Waals surface area contributed by atoms with Crippen molar-refractivity contribution in [3.63, 3.8) is 0 Å². The molecule has 4 aliphatic heterocycles. The van der Waals surface area contributed by atoms with Gasteiger partial charge in [0.1, 0.15) is 30.6 Å². The lowest BCUT2D eigenvalue weighted by Crippen LogP contribution is -2.61. The van der Waals surface area contributed by atoms with Gasteiger partial charge in [0.15, 0.2) is 17.7 Å². The molecular formula is C44H58FN3O10S. The Hall–Kier alpha value is -3.62. The molecule has 2 aromatic rings. The van der Waals surface area contributed by atoms with E-state index < -0.39 is 94.4 Å². The number of likely N-dealkylation sites (N-methyl/N-ethyl adjacent to an activating group) is 1. The van der Waals surface area contributed by atoms with Gasteiger partial charge in [-0.05, 0) is 85.3 Å². The maximum absolute atomic E-state index is 17.0. The van der Waals surface area contributed by atoms with E-state index in [1.807, 2.05) is 56.3 Å². The molecule has 0 amide bonds. The molecule has 0 radical (unpaired) electrons. The first kappa shape index (κ1) is 44.9. The molecule has 6 rings (SSSR count). The number of ketones is 2. The van der Waals surface area contributed by atoms with Crippen molar-refractivity contribution in [2.45, 2.75) is 134 Å². The highest BCUT2D eigenvalue weighted by molar-refractivity contribution is 7.16. The van der Waals surface area contributed by atoms with E-state index in [9.17, 15) is 24.3 Å². The van der Waals surface area contributed by atoms with Gasteiger partial charge in [-0.3, -0.25) is 19.4 Å². The van der Waals surface area contributed by atoms with Gasteiger partial charge in [0.2, 0.25) is 0 Å². The number of carbonyl (C=O) groups is 4. The lowest BCUT2D eigenvalue weighted by Gasteiger charge is -2.48. The van der Waals surface area contributed by atoms with Crippen LogP contribution in [-0.4, -0.2) is 125 Å². The summed E-state index contributed by atoms with van der Waals surface area (Å²) >= 11 is 1.45. The normalized spacial score (nSPS) is 40.5. The van der Waals surface area contributed by atoms with Crippen LogP contribution in [0.25, 0.3) is 10.6 Å². The fraction of sp³-hybridized carbons (Fsp3) is 0.659. The van der Waals surface area contributed by atoms with Crippen LogP contribution in [0.15, 0.2) is 36.5 Å². The molecule has 0 aromatic carbocycles. The van der Waals surface area contributed by atoms with Crippen molar-refractivity contribution in [1.82, 2.24) is 15.2 Å². The molecule has 3 unspecified atom stereocenters. The second-order valence-corrected chi connectivity index (χ2v) is 18.8. The van der Waals surface area contributed by atoms with Crippen molar-refractivity contribution in [2.75, 3.05) is 27.2 Å². The van der Waals surface area contributed by atoms with Crippen LogP contribution >= 0.6 is 11.3 Å². The fourth-order valence-corrected chi connectivity index (χ4v) is 10.8. The Kier molecular flexibility index (Phi) is 13.0. The predicted molar refractivity (Wildman–Crippen MR) is 217 cm³/mol. The van der Waals surface area contributed by atoms with Gasteiger partial charge in [0.25, 0.3) is 5.67 Å². The molecule has 0 spiro atoms. The lowest BCUT2D eigenvalue weighted by molar-refractivity contribution is -0.296. The van der Waals surface area contributed by atoms with Crippen LogP contribution in [0.2, 0.25) is 0 Å². The Labute approximate surface area is 350 Å². The number of Topliss-reactive ketones (excluding diaryl/α,β-unsaturated/α-hetero) is 2. The molecule has 0 aliphatic carbocycles. The Morgan fingerprint density at radius 1 is 1.07 bits per heavy atom. The largest absolute Gasteiger partial charge is 0.455 e. The number of pyridine rings is 1. The zero-order chi connectivity index (χ0) is 43.2. The van der Waals surface area contributed by atoms with Gasteiger partial charge in [-0.15, -0.1) is 11.3 Å². The van der Waals surface area contributed by atoms with E-state index in [4.69, 9.17) is 23.7 Å². The quantitative estimate of drug-likeness (QED) is 0.228. The van der Waals surface area contributed by atoms with E-state index in [2.05, 4.69) is 22.1 Å². The summed E-state index contributed by atoms with van der Waals surface area (Å²) in [7, 11) is 3.65. The molecule has 4 aliphatic rings. The molecule has 322 valence electrons. The molecule has 0 bridgehead atoms. The van der Waals surface area contributed by atoms with Gasteiger partial charge in [0.05, 0.1) is 33.3 Å². The third-order valence-corrected chi connectivity index (χ3v) is 14.0. The average Bonchev–Trinajstić information content (AvgIpc) is 3.89. The number of alkyl halides is 1. The van der Waals surface area contributed by atoms with Gasteiger partial charge >= 0.3 is 11.9 Å². The van der Waals surface area contributed by atoms with Gasteiger partial charge in [-0.2, -0.15) is 0 Å². The Balaban J connectivity index is 1.43. The summed E-state index contributed by atoms with van der Waals surface area (Å²) in [4.78, 5) is 64.7. The summed E-state index contributed by atoms with van der Waals surface area (Å²) in [6.07, 6.45) is -3.20. The fourth-order valence-electron chi connectivity index (χ4n) is 9.95. The number of hydrogen-bond acceptors (Lipinski definition) is 14. The van der Waals surface area contributed by atoms with E-state index in [1.165, 1.54) is 18.3 Å². The number of aliphatic hydroxyl groups is 1. The van der Waals surface area contributed by atoms with Gasteiger partial charge in [-0.25, -0.2) is 9.18 Å². The van der Waals surface area contributed by atoms with Crippen molar-refractivity contribution in [3.8, 4) is 22.4 Å². The number of aromatic nitrogens is 1. The van der Waals surface area contributed by atoms with Crippen LogP contribution < -0.4 is 5.32 Å². The van der Waals surface area contributed by atoms with Gasteiger partial charge in [0, 0.05) is 42.0 Å². The first-order chi connectivity index (χ1) is 27.7. The van der Waals surface area contributed by atoms with Crippen molar-refractivity contribution >= 4 is 34.8 Å². The number of hydrogen-bond donors (Lipinski definition) is 2. The summed E-state index contributed by atoms with van der Waals surface area (Å²) in [5, 5.41) is 14.8. The number of rotatable bonds is 7. The highest BCUT2D eigenvalue weighted by atomic mass is 32.1. The number of halogens is 1. The number of cyclic esters (lactones) is 1. The van der Waals surface area contributed by atoms with Gasteiger partial charge < -0.3 is 39.0 Å². The number of esters is 2. The van der Waals surface area contributed by atoms with Crippen LogP contribution in [0.3, 0.4) is 0 Å². The zero-order valence-corrected chi connectivity index (χ0v) is 36.4. The Morgan fingerprint density at radius 3 is 2.46 bits per heavy atom. The minimum atomic E-state index is -3.20. The molecule has 4 fully saturated rings. The first-order valence-electron chi connectivity index (χ1n) is 20.4. The van der Waals surface area contributed by atoms with E-state index in [1.54, 1.807) is 40.8 Å². The summed E-state index contributed by atoms with van der Waals surface area (Å²) in [6, 6.07) is 8.17. The Bertz CT molecular complexity index is 1970. The lowest BCUT2D eigenvalue weighted by atomic mass is 9.62. The SMILES string of the molecule is CC[C@@H]1OC(=O)[C@@](C)(F)C(=O)[C@H](C)[C@@H](O[C@@H]2O[C@H](C)C[C@H](N(C)C)[C@H]2O)[C@@](C)(OCC#Cc2ccc(-c3ccccn3)s2)C[C@@H](C)C(=O)C2(C)CNC3C(=O)O[C@@]1(C)C32. The van der Waals surface area contributed by atoms with Crippen LogP contribution in [0.5, 0.6) is 0 Å². The summed E-state index contributed by atoms with van der Waals surface area (Å²) in [5.41, 5.74) is -6.72. The molecule has 13 nitrogen and oxygen atoms in total. The molecule has 59 heavy (non-hydrogen) atoms. The van der Waals surface area contributed by atoms with E-state index >= 15 is 4.39 Å². The number of thiophene rings is 1. The second-order valence-electron chi connectivity index (χ2n) is 17.7. The monoisotopic (exact) mass is 839 g/mol. The highest BCUT2D eigenvalue weighted by Gasteiger charge is 2.69. The Morgan fingerprint density at radius 2 is 1.80 bits per heavy atom. The first-order valence-corrected chi connectivity index (χ1v) is 21.2. The zero-order valence-electron chi connectivity index (χ0n) is 35.6. The molecule has 6 heterocycles. The number of nitrogens with zero attached hydrogens (tertiary/aromatic N) is 2. The van der Waals surface area contributed by atoms with Crippen LogP contribution in [0, 0.1) is 35.0 Å². The highest BCUT2D eigenvalue weighted by Crippen LogP contribution is 2.53. The maximum Gasteiger partial charge on any atom is 0.351 e. The minimum absolute atomic E-state index is 0.0583. The summed E-state index contributed by atoms with van der Waals surface area (Å²) in [5.74, 6) is -0.291. The number of aliphatic hydroxyl groups excluding tert-OH is 1. The van der Waals surface area contributed by atoms with E-state index in [0.717, 1.165) is 22.4 Å². The third kappa shape index (κ3) is 8.39. The van der Waals surface area contributed by atoms with E-state index in [-0.39, 0.29) is 37.9 Å². The van der Waals surface area contributed by atoms with Crippen LogP contribution in [0.1, 0.15) is 79.5 Å². The van der Waals surface area contributed by atoms with Gasteiger partial charge in [-0.1, -0.05) is 45.6 Å². The molecular weight excluding hydrogens is 782 g/mol. The molecule has 15 heteroatoms. The summed E-state index contributed by atoms with van der Waals surface area (Å²) in [6.45, 7) is 12.5. The summed E-state index contributed by atoms with van der Waals surface area (Å²) < 4.78 is 48.3. The van der Waals surface area contributed by atoms with Crippen molar-refractivity contribution in [2.24, 2.45) is 23.2 Å². The average molecular weight is 840 g/mol. The number of ether oxygens (including phenoxy) is 5. The third-order valence-electron chi connectivity index (χ3n) is 13.0. The van der Waals surface area contributed by atoms with Crippen LogP contribution in [0.4, 0.5) is 4.39 Å². The van der Waals surface area contributed by atoms with Crippen molar-refractivity contribution in [3.05, 3.63) is 41.4 Å². The number of carbonyl (C=O) groups excluding carboxylic acids is 4. The smallest absolute Gasteiger partial charge is 0.351 e. The van der Waals surface area contributed by atoms with Crippen molar-refractivity contribution in [1.29, 1.82) is 0 Å². The van der Waals surface area contributed by atoms with E-state index in [0.29, 0.717) is 6.42 Å². The van der Waals surface area contributed by atoms with Crippen LogP contribution in [-0.2, 0) is 42.9 Å². The van der Waals surface area contributed by atoms with Crippen molar-refractivity contribution < 1.29 is 52.4 Å². The molecule has 2 aromatic heterocycles. The predicted octanol–water partition coefficient (Wildman–Crippen LogP) is 4.52. The topological polar surface area (TPSA) is 163 Å². The second kappa shape index (κ2) is 17.0. The maximum atomic E-state index is 17.0. The minimum Gasteiger partial charge on any atom is -0.455 e. The molecule has 14 atom stereocenters. The molecule has 2 N–H and O–H groups in total. The number of nitrogens with one attached hydrogen (secondary N) is 1.